The zero-order chi connectivity index (χ0) is 10.8. The largest absolute Gasteiger partial charge is 0.331 e. The maximum Gasteiger partial charge on any atom is 0.188 e. The van der Waals surface area contributed by atoms with E-state index in [-0.39, 0.29) is 0 Å². The number of hydrogen-bond donors (Lipinski definition) is 1. The van der Waals surface area contributed by atoms with Crippen molar-refractivity contribution < 1.29 is 0 Å². The quantitative estimate of drug-likeness (QED) is 0.876. The monoisotopic (exact) mass is 302 g/mol. The van der Waals surface area contributed by atoms with Gasteiger partial charge in [0.2, 0.25) is 0 Å². The summed E-state index contributed by atoms with van der Waals surface area (Å²) in [4.78, 5) is 4.26. The summed E-state index contributed by atoms with van der Waals surface area (Å²) >= 11 is 10.8. The molecule has 0 spiro atoms. The summed E-state index contributed by atoms with van der Waals surface area (Å²) in [6.45, 7) is 2.03. The molecule has 0 atom stereocenters. The van der Waals surface area contributed by atoms with Gasteiger partial charge in [-0.1, -0.05) is 17.7 Å². The summed E-state index contributed by atoms with van der Waals surface area (Å²) in [6.07, 6.45) is 0. The topological polar surface area (TPSA) is 24.9 Å². The van der Waals surface area contributed by atoms with E-state index < -0.39 is 0 Å². The molecular formula is C10H8BrClN2S. The lowest BCUT2D eigenvalue weighted by atomic mass is 10.2. The van der Waals surface area contributed by atoms with E-state index in [1.807, 2.05) is 30.5 Å². The van der Waals surface area contributed by atoms with Crippen molar-refractivity contribution in [3.8, 4) is 0 Å². The average Bonchev–Trinajstić information content (AvgIpc) is 2.58. The summed E-state index contributed by atoms with van der Waals surface area (Å²) in [5, 5.41) is 6.73. The zero-order valence-electron chi connectivity index (χ0n) is 7.92. The van der Waals surface area contributed by atoms with Crippen LogP contribution in [0.1, 0.15) is 5.56 Å². The third-order valence-electron chi connectivity index (χ3n) is 1.92. The van der Waals surface area contributed by atoms with E-state index in [4.69, 9.17) is 11.6 Å². The van der Waals surface area contributed by atoms with Gasteiger partial charge in [-0.2, -0.15) is 0 Å². The maximum atomic E-state index is 5.92. The van der Waals surface area contributed by atoms with Gasteiger partial charge in [0.05, 0.1) is 0 Å². The van der Waals surface area contributed by atoms with Gasteiger partial charge in [-0.05, 0) is 40.5 Å². The first-order valence-electron chi connectivity index (χ1n) is 4.29. The number of nitrogens with one attached hydrogen (secondary N) is 1. The van der Waals surface area contributed by atoms with E-state index in [0.717, 1.165) is 26.0 Å². The van der Waals surface area contributed by atoms with Crippen molar-refractivity contribution in [2.45, 2.75) is 6.92 Å². The molecule has 1 aromatic heterocycles. The predicted octanol–water partition coefficient (Wildman–Crippen LogP) is 4.61. The minimum Gasteiger partial charge on any atom is -0.331 e. The third-order valence-corrected chi connectivity index (χ3v) is 3.62. The van der Waals surface area contributed by atoms with Gasteiger partial charge in [0.1, 0.15) is 4.60 Å². The molecular weight excluding hydrogens is 296 g/mol. The summed E-state index contributed by atoms with van der Waals surface area (Å²) in [6, 6.07) is 5.75. The molecule has 0 radical (unpaired) electrons. The highest BCUT2D eigenvalue weighted by Gasteiger charge is 2.03. The average molecular weight is 304 g/mol. The number of thiazole rings is 1. The molecule has 0 aliphatic rings. The summed E-state index contributed by atoms with van der Waals surface area (Å²) in [7, 11) is 0. The van der Waals surface area contributed by atoms with Gasteiger partial charge in [-0.25, -0.2) is 4.98 Å². The second kappa shape index (κ2) is 4.51. The van der Waals surface area contributed by atoms with Crippen LogP contribution in [0.4, 0.5) is 10.8 Å². The maximum absolute atomic E-state index is 5.92. The Kier molecular flexibility index (Phi) is 3.29. The number of aromatic nitrogens is 1. The molecule has 0 saturated carbocycles. The third kappa shape index (κ3) is 2.71. The lowest BCUT2D eigenvalue weighted by Gasteiger charge is -2.06. The molecule has 1 aromatic carbocycles. The minimum atomic E-state index is 0.721. The number of halogens is 2. The molecule has 0 fully saturated rings. The van der Waals surface area contributed by atoms with Crippen LogP contribution in [0.25, 0.3) is 0 Å². The Bertz CT molecular complexity index is 484. The Labute approximate surface area is 105 Å². The van der Waals surface area contributed by atoms with Crippen LogP contribution in [0.2, 0.25) is 5.02 Å². The van der Waals surface area contributed by atoms with Gasteiger partial charge in [0.15, 0.2) is 5.13 Å². The lowest BCUT2D eigenvalue weighted by Crippen LogP contribution is -1.92. The molecule has 78 valence electrons. The van der Waals surface area contributed by atoms with Crippen LogP contribution in [-0.2, 0) is 0 Å². The highest BCUT2D eigenvalue weighted by atomic mass is 79.9. The fourth-order valence-electron chi connectivity index (χ4n) is 1.16. The summed E-state index contributed by atoms with van der Waals surface area (Å²) in [5.41, 5.74) is 2.13. The number of aryl methyl sites for hydroxylation is 1. The van der Waals surface area contributed by atoms with E-state index >= 15 is 0 Å². The van der Waals surface area contributed by atoms with E-state index in [2.05, 4.69) is 26.2 Å². The van der Waals surface area contributed by atoms with Crippen LogP contribution in [0, 0.1) is 6.92 Å². The molecule has 15 heavy (non-hydrogen) atoms. The van der Waals surface area contributed by atoms with Crippen LogP contribution >= 0.6 is 38.9 Å². The Balaban J connectivity index is 2.27. The first-order valence-corrected chi connectivity index (χ1v) is 6.34. The Morgan fingerprint density at radius 2 is 2.27 bits per heavy atom. The fraction of sp³-hybridized carbons (Fsp3) is 0.100. The standard InChI is InChI=1S/C10H8BrClN2S/c1-6-2-3-7(12)4-8(6)13-10-14-9(11)5-15-10/h2-5H,1H3,(H,13,14). The molecule has 0 amide bonds. The van der Waals surface area contributed by atoms with Gasteiger partial charge < -0.3 is 5.32 Å². The van der Waals surface area contributed by atoms with Crippen molar-refractivity contribution in [1.29, 1.82) is 0 Å². The number of benzene rings is 1. The van der Waals surface area contributed by atoms with Crippen molar-refractivity contribution in [1.82, 2.24) is 4.98 Å². The highest BCUT2D eigenvalue weighted by molar-refractivity contribution is 9.10. The predicted molar refractivity (Wildman–Crippen MR) is 69.3 cm³/mol. The van der Waals surface area contributed by atoms with Crippen molar-refractivity contribution in [2.75, 3.05) is 5.32 Å². The number of rotatable bonds is 2. The van der Waals surface area contributed by atoms with Gasteiger partial charge in [-0.3, -0.25) is 0 Å². The van der Waals surface area contributed by atoms with E-state index in [1.54, 1.807) is 11.3 Å². The van der Waals surface area contributed by atoms with Gasteiger partial charge >= 0.3 is 0 Å². The number of anilines is 2. The minimum absolute atomic E-state index is 0.721. The zero-order valence-corrected chi connectivity index (χ0v) is 11.1. The van der Waals surface area contributed by atoms with Crippen LogP contribution < -0.4 is 5.32 Å². The highest BCUT2D eigenvalue weighted by Crippen LogP contribution is 2.27. The van der Waals surface area contributed by atoms with Crippen molar-refractivity contribution >= 4 is 49.7 Å². The number of nitrogens with zero attached hydrogens (tertiary/aromatic N) is 1. The van der Waals surface area contributed by atoms with Crippen LogP contribution in [0.5, 0.6) is 0 Å². The Morgan fingerprint density at radius 1 is 1.47 bits per heavy atom. The smallest absolute Gasteiger partial charge is 0.188 e. The molecule has 0 aliphatic heterocycles. The van der Waals surface area contributed by atoms with Crippen LogP contribution in [0.15, 0.2) is 28.2 Å². The molecule has 0 bridgehead atoms. The SMILES string of the molecule is Cc1ccc(Cl)cc1Nc1nc(Br)cs1. The fourth-order valence-corrected chi connectivity index (χ4v) is 2.48. The molecule has 5 heteroatoms. The van der Waals surface area contributed by atoms with Gasteiger partial charge in [0, 0.05) is 16.1 Å². The second-order valence-electron chi connectivity index (χ2n) is 3.06. The van der Waals surface area contributed by atoms with E-state index in [9.17, 15) is 0 Å². The molecule has 2 aromatic rings. The molecule has 0 unspecified atom stereocenters. The molecule has 0 aliphatic carbocycles. The van der Waals surface area contributed by atoms with Crippen LogP contribution in [0.3, 0.4) is 0 Å². The summed E-state index contributed by atoms with van der Waals surface area (Å²) < 4.78 is 0.842. The van der Waals surface area contributed by atoms with E-state index in [0.29, 0.717) is 0 Å². The van der Waals surface area contributed by atoms with Crippen molar-refractivity contribution in [3.63, 3.8) is 0 Å². The Morgan fingerprint density at radius 3 is 2.93 bits per heavy atom. The first-order chi connectivity index (χ1) is 7.15. The molecule has 1 heterocycles. The van der Waals surface area contributed by atoms with Crippen molar-refractivity contribution in [2.24, 2.45) is 0 Å². The van der Waals surface area contributed by atoms with Gasteiger partial charge in [-0.15, -0.1) is 11.3 Å². The van der Waals surface area contributed by atoms with Crippen molar-refractivity contribution in [3.05, 3.63) is 38.8 Å². The molecule has 2 rings (SSSR count). The lowest BCUT2D eigenvalue weighted by molar-refractivity contribution is 1.33. The summed E-state index contributed by atoms with van der Waals surface area (Å²) in [5.74, 6) is 0. The second-order valence-corrected chi connectivity index (χ2v) is 5.17. The normalized spacial score (nSPS) is 10.3. The Hall–Kier alpha value is -0.580. The first kappa shape index (κ1) is 10.9. The molecule has 2 nitrogen and oxygen atoms in total. The van der Waals surface area contributed by atoms with Gasteiger partial charge in [0.25, 0.3) is 0 Å². The van der Waals surface area contributed by atoms with Crippen LogP contribution in [-0.4, -0.2) is 4.98 Å². The molecule has 1 N–H and O–H groups in total. The number of hydrogen-bond acceptors (Lipinski definition) is 3. The van der Waals surface area contributed by atoms with E-state index in [1.165, 1.54) is 0 Å². The molecule has 0 saturated heterocycles.